The molecule has 0 saturated carbocycles. The third-order valence-corrected chi connectivity index (χ3v) is 3.67. The smallest absolute Gasteiger partial charge is 0.340 e. The Bertz CT molecular complexity index is 612. The van der Waals surface area contributed by atoms with Gasteiger partial charge in [-0.15, -0.1) is 0 Å². The topological polar surface area (TPSA) is 43.3 Å². The Hall–Kier alpha value is -1.81. The van der Waals surface area contributed by atoms with Crippen molar-refractivity contribution in [2.24, 2.45) is 7.05 Å². The third kappa shape index (κ3) is 1.61. The standard InChI is InChI=1S/C14H16N2O2/c1-16-8-12(14(17)18-2)11-4-3-9(5-13(11)16)10-6-15-7-10/h3-5,8,10,15H,6-7H2,1-2H3. The van der Waals surface area contributed by atoms with Gasteiger partial charge in [0.05, 0.1) is 12.7 Å². The van der Waals surface area contributed by atoms with Crippen LogP contribution < -0.4 is 5.32 Å². The molecule has 2 heterocycles. The number of hydrogen-bond acceptors (Lipinski definition) is 3. The van der Waals surface area contributed by atoms with E-state index in [1.54, 1.807) is 0 Å². The average molecular weight is 244 g/mol. The summed E-state index contributed by atoms with van der Waals surface area (Å²) >= 11 is 0. The lowest BCUT2D eigenvalue weighted by atomic mass is 9.93. The number of carbonyl (C=O) groups is 1. The Kier molecular flexibility index (Phi) is 2.59. The number of hydrogen-bond donors (Lipinski definition) is 1. The second kappa shape index (κ2) is 4.14. The maximum atomic E-state index is 11.7. The van der Waals surface area contributed by atoms with Gasteiger partial charge >= 0.3 is 5.97 Å². The first-order valence-corrected chi connectivity index (χ1v) is 6.08. The van der Waals surface area contributed by atoms with Gasteiger partial charge in [-0.1, -0.05) is 12.1 Å². The van der Waals surface area contributed by atoms with Gasteiger partial charge in [0.25, 0.3) is 0 Å². The van der Waals surface area contributed by atoms with Crippen LogP contribution in [0.15, 0.2) is 24.4 Å². The summed E-state index contributed by atoms with van der Waals surface area (Å²) in [5.41, 5.74) is 3.05. The van der Waals surface area contributed by atoms with Crippen LogP contribution in [0.25, 0.3) is 10.9 Å². The van der Waals surface area contributed by atoms with Gasteiger partial charge in [0.2, 0.25) is 0 Å². The first kappa shape index (κ1) is 11.3. The average Bonchev–Trinajstić information content (AvgIpc) is 2.64. The number of carbonyl (C=O) groups excluding carboxylic acids is 1. The number of ether oxygens (including phenoxy) is 1. The van der Waals surface area contributed by atoms with Crippen molar-refractivity contribution in [3.63, 3.8) is 0 Å². The minimum atomic E-state index is -0.279. The fraction of sp³-hybridized carbons (Fsp3) is 0.357. The van der Waals surface area contributed by atoms with E-state index in [9.17, 15) is 4.79 Å². The van der Waals surface area contributed by atoms with Crippen molar-refractivity contribution in [2.75, 3.05) is 20.2 Å². The Morgan fingerprint density at radius 3 is 2.83 bits per heavy atom. The molecule has 18 heavy (non-hydrogen) atoms. The number of methoxy groups -OCH3 is 1. The number of benzene rings is 1. The Morgan fingerprint density at radius 2 is 2.22 bits per heavy atom. The summed E-state index contributed by atoms with van der Waals surface area (Å²) in [4.78, 5) is 11.7. The minimum Gasteiger partial charge on any atom is -0.465 e. The van der Waals surface area contributed by atoms with E-state index in [0.717, 1.165) is 24.0 Å². The van der Waals surface area contributed by atoms with Crippen LogP contribution in [0.3, 0.4) is 0 Å². The van der Waals surface area contributed by atoms with E-state index in [1.165, 1.54) is 12.7 Å². The van der Waals surface area contributed by atoms with Gasteiger partial charge in [-0.25, -0.2) is 4.79 Å². The van der Waals surface area contributed by atoms with E-state index < -0.39 is 0 Å². The summed E-state index contributed by atoms with van der Waals surface area (Å²) in [6.45, 7) is 2.08. The van der Waals surface area contributed by atoms with E-state index in [2.05, 4.69) is 17.4 Å². The highest BCUT2D eigenvalue weighted by Crippen LogP contribution is 2.27. The maximum Gasteiger partial charge on any atom is 0.340 e. The number of rotatable bonds is 2. The summed E-state index contributed by atoms with van der Waals surface area (Å²) in [6.07, 6.45) is 1.83. The van der Waals surface area contributed by atoms with Gasteiger partial charge in [-0.2, -0.15) is 0 Å². The lowest BCUT2D eigenvalue weighted by molar-refractivity contribution is 0.0603. The van der Waals surface area contributed by atoms with Crippen LogP contribution in [-0.2, 0) is 11.8 Å². The summed E-state index contributed by atoms with van der Waals surface area (Å²) in [5.74, 6) is 0.324. The van der Waals surface area contributed by atoms with Crippen molar-refractivity contribution in [1.82, 2.24) is 9.88 Å². The molecule has 0 aliphatic carbocycles. The highest BCUT2D eigenvalue weighted by atomic mass is 16.5. The van der Waals surface area contributed by atoms with Crippen LogP contribution in [0.5, 0.6) is 0 Å². The number of fused-ring (bicyclic) bond motifs is 1. The molecular formula is C14H16N2O2. The van der Waals surface area contributed by atoms with Crippen molar-refractivity contribution >= 4 is 16.9 Å². The zero-order chi connectivity index (χ0) is 12.7. The molecule has 1 N–H and O–H groups in total. The number of nitrogens with one attached hydrogen (secondary N) is 1. The van der Waals surface area contributed by atoms with Crippen molar-refractivity contribution in [1.29, 1.82) is 0 Å². The molecule has 2 aromatic rings. The van der Waals surface area contributed by atoms with E-state index in [4.69, 9.17) is 4.74 Å². The molecule has 1 fully saturated rings. The number of esters is 1. The molecule has 0 atom stereocenters. The molecule has 1 aliphatic rings. The zero-order valence-corrected chi connectivity index (χ0v) is 10.6. The quantitative estimate of drug-likeness (QED) is 0.817. The highest BCUT2D eigenvalue weighted by molar-refractivity contribution is 6.04. The van der Waals surface area contributed by atoms with Gasteiger partial charge in [-0.3, -0.25) is 0 Å². The summed E-state index contributed by atoms with van der Waals surface area (Å²) in [6, 6.07) is 6.31. The lowest BCUT2D eigenvalue weighted by Gasteiger charge is -2.27. The Labute approximate surface area is 106 Å². The summed E-state index contributed by atoms with van der Waals surface area (Å²) < 4.78 is 6.79. The van der Waals surface area contributed by atoms with E-state index >= 15 is 0 Å². The fourth-order valence-corrected chi connectivity index (χ4v) is 2.45. The SMILES string of the molecule is COC(=O)c1cn(C)c2cc(C3CNC3)ccc12. The third-order valence-electron chi connectivity index (χ3n) is 3.67. The molecule has 0 bridgehead atoms. The zero-order valence-electron chi connectivity index (χ0n) is 10.6. The largest absolute Gasteiger partial charge is 0.465 e. The molecule has 94 valence electrons. The van der Waals surface area contributed by atoms with Crippen molar-refractivity contribution in [3.05, 3.63) is 35.5 Å². The van der Waals surface area contributed by atoms with Crippen LogP contribution in [0.4, 0.5) is 0 Å². The first-order chi connectivity index (χ1) is 8.70. The molecular weight excluding hydrogens is 228 g/mol. The number of aromatic nitrogens is 1. The van der Waals surface area contributed by atoms with Crippen LogP contribution in [0, 0.1) is 0 Å². The van der Waals surface area contributed by atoms with Crippen LogP contribution >= 0.6 is 0 Å². The van der Waals surface area contributed by atoms with E-state index in [0.29, 0.717) is 11.5 Å². The van der Waals surface area contributed by atoms with Crippen molar-refractivity contribution < 1.29 is 9.53 Å². The molecule has 4 heteroatoms. The molecule has 0 unspecified atom stereocenters. The van der Waals surface area contributed by atoms with E-state index in [1.807, 2.05) is 23.9 Å². The summed E-state index contributed by atoms with van der Waals surface area (Å²) in [7, 11) is 3.37. The molecule has 1 saturated heterocycles. The maximum absolute atomic E-state index is 11.7. The number of aryl methyl sites for hydroxylation is 1. The number of nitrogens with zero attached hydrogens (tertiary/aromatic N) is 1. The monoisotopic (exact) mass is 244 g/mol. The molecule has 3 rings (SSSR count). The van der Waals surface area contributed by atoms with Crippen LogP contribution in [0.2, 0.25) is 0 Å². The van der Waals surface area contributed by atoms with Crippen LogP contribution in [-0.4, -0.2) is 30.7 Å². The lowest BCUT2D eigenvalue weighted by Crippen LogP contribution is -2.39. The molecule has 0 spiro atoms. The van der Waals surface area contributed by atoms with Gasteiger partial charge < -0.3 is 14.6 Å². The molecule has 1 aromatic heterocycles. The molecule has 0 amide bonds. The van der Waals surface area contributed by atoms with Gasteiger partial charge in [0.15, 0.2) is 0 Å². The van der Waals surface area contributed by atoms with Crippen molar-refractivity contribution in [2.45, 2.75) is 5.92 Å². The van der Waals surface area contributed by atoms with Gasteiger partial charge in [0, 0.05) is 43.2 Å². The van der Waals surface area contributed by atoms with Gasteiger partial charge in [0.1, 0.15) is 0 Å². The van der Waals surface area contributed by atoms with E-state index in [-0.39, 0.29) is 5.97 Å². The molecule has 1 aliphatic heterocycles. The molecule has 1 aromatic carbocycles. The predicted octanol–water partition coefficient (Wildman–Crippen LogP) is 1.65. The normalized spacial score (nSPS) is 15.7. The molecule has 4 nitrogen and oxygen atoms in total. The van der Waals surface area contributed by atoms with Gasteiger partial charge in [-0.05, 0) is 11.6 Å². The van der Waals surface area contributed by atoms with Crippen molar-refractivity contribution in [3.8, 4) is 0 Å². The Balaban J connectivity index is 2.11. The van der Waals surface area contributed by atoms with Crippen LogP contribution in [0.1, 0.15) is 21.8 Å². The Morgan fingerprint density at radius 1 is 1.44 bits per heavy atom. The second-order valence-electron chi connectivity index (χ2n) is 4.78. The molecule has 0 radical (unpaired) electrons. The first-order valence-electron chi connectivity index (χ1n) is 6.08. The minimum absolute atomic E-state index is 0.279. The highest BCUT2D eigenvalue weighted by Gasteiger charge is 2.21. The second-order valence-corrected chi connectivity index (χ2v) is 4.78. The fourth-order valence-electron chi connectivity index (χ4n) is 2.45. The summed E-state index contributed by atoms with van der Waals surface area (Å²) in [5, 5.41) is 4.23. The predicted molar refractivity (Wildman–Crippen MR) is 69.9 cm³/mol.